The van der Waals surface area contributed by atoms with E-state index in [0.717, 1.165) is 19.7 Å². The van der Waals surface area contributed by atoms with Crippen LogP contribution in [0.3, 0.4) is 0 Å². The van der Waals surface area contributed by atoms with Crippen LogP contribution >= 0.6 is 0 Å². The molecular formula is C21H40N2O. The number of nitrogens with zero attached hydrogens (tertiary/aromatic N) is 2. The Labute approximate surface area is 150 Å². The van der Waals surface area contributed by atoms with Gasteiger partial charge in [-0.2, -0.15) is 0 Å². The molecule has 1 aliphatic heterocycles. The number of hydrogen-bond donors (Lipinski definition) is 1. The maximum atomic E-state index is 7.00. The summed E-state index contributed by atoms with van der Waals surface area (Å²) in [6.07, 6.45) is 24.5. The van der Waals surface area contributed by atoms with E-state index in [0.29, 0.717) is 0 Å². The minimum atomic E-state index is 0.830. The smallest absolute Gasteiger partial charge is 0.0397 e. The second-order valence-corrected chi connectivity index (χ2v) is 7.02. The van der Waals surface area contributed by atoms with Gasteiger partial charge < -0.3 is 10.0 Å². The summed E-state index contributed by atoms with van der Waals surface area (Å²) in [5, 5.41) is 7.00. The van der Waals surface area contributed by atoms with Crippen LogP contribution < -0.4 is 0 Å². The summed E-state index contributed by atoms with van der Waals surface area (Å²) in [6.45, 7) is 3.62. The zero-order valence-electron chi connectivity index (χ0n) is 16.0. The second kappa shape index (κ2) is 15.8. The van der Waals surface area contributed by atoms with Gasteiger partial charge in [0.1, 0.15) is 0 Å². The first-order chi connectivity index (χ1) is 12.0. The SMILES string of the molecule is C1=CCCCC(N2CCCCCC=NCCC2)CCCCC1.CO. The maximum Gasteiger partial charge on any atom is 0.0397 e. The molecule has 3 nitrogen and oxygen atoms in total. The first-order valence-corrected chi connectivity index (χ1v) is 10.3. The molecule has 0 spiro atoms. The second-order valence-electron chi connectivity index (χ2n) is 7.02. The van der Waals surface area contributed by atoms with Gasteiger partial charge in [-0.15, -0.1) is 0 Å². The average Bonchev–Trinajstić information content (AvgIpc) is 2.73. The molecule has 2 rings (SSSR count). The summed E-state index contributed by atoms with van der Waals surface area (Å²) >= 11 is 0. The molecule has 3 heteroatoms. The highest BCUT2D eigenvalue weighted by Gasteiger charge is 2.17. The maximum absolute atomic E-state index is 7.00. The number of aliphatic hydroxyl groups is 1. The summed E-state index contributed by atoms with van der Waals surface area (Å²) in [4.78, 5) is 7.39. The third-order valence-electron chi connectivity index (χ3n) is 5.14. The van der Waals surface area contributed by atoms with Crippen molar-refractivity contribution >= 4 is 6.21 Å². The highest BCUT2D eigenvalue weighted by atomic mass is 16.2. The molecule has 1 unspecified atom stereocenters. The summed E-state index contributed by atoms with van der Waals surface area (Å²) < 4.78 is 0. The van der Waals surface area contributed by atoms with Crippen LogP contribution in [0.4, 0.5) is 0 Å². The molecule has 0 saturated heterocycles. The quantitative estimate of drug-likeness (QED) is 0.685. The monoisotopic (exact) mass is 336 g/mol. The Balaban J connectivity index is 0.00000139. The highest BCUT2D eigenvalue weighted by Crippen LogP contribution is 2.20. The molecule has 0 saturated carbocycles. The largest absolute Gasteiger partial charge is 0.400 e. The normalized spacial score (nSPS) is 25.7. The molecule has 140 valence electrons. The van der Waals surface area contributed by atoms with E-state index in [1.54, 1.807) is 0 Å². The standard InChI is InChI=1S/C20H36N2.CH4O/c1-2-4-6-10-15-20(14-9-5-3-1)22-18-12-8-7-11-16-21-17-13-19-22;1-2/h1,3,16,20H,2,4-15,17-19H2;2H,1H3. The number of aliphatic imine (C=N–C) groups is 1. The van der Waals surface area contributed by atoms with Gasteiger partial charge in [-0.05, 0) is 77.0 Å². The molecule has 0 radical (unpaired) electrons. The van der Waals surface area contributed by atoms with Gasteiger partial charge in [-0.25, -0.2) is 0 Å². The molecule has 1 N–H and O–H groups in total. The third-order valence-corrected chi connectivity index (χ3v) is 5.14. The van der Waals surface area contributed by atoms with Crippen molar-refractivity contribution in [1.82, 2.24) is 4.90 Å². The van der Waals surface area contributed by atoms with Gasteiger partial charge in [-0.1, -0.05) is 31.4 Å². The van der Waals surface area contributed by atoms with Gasteiger partial charge in [0.25, 0.3) is 0 Å². The molecule has 1 heterocycles. The molecule has 1 atom stereocenters. The van der Waals surface area contributed by atoms with Crippen LogP contribution in [0, 0.1) is 0 Å². The lowest BCUT2D eigenvalue weighted by atomic mass is 10.00. The zero-order chi connectivity index (χ0) is 17.3. The van der Waals surface area contributed by atoms with Gasteiger partial charge in [0.15, 0.2) is 0 Å². The van der Waals surface area contributed by atoms with Crippen LogP contribution in [0.1, 0.15) is 83.5 Å². The fourth-order valence-corrected chi connectivity index (χ4v) is 3.79. The summed E-state index contributed by atoms with van der Waals surface area (Å²) in [7, 11) is 1.00. The van der Waals surface area contributed by atoms with Crippen molar-refractivity contribution in [2.45, 2.75) is 89.5 Å². The van der Waals surface area contributed by atoms with E-state index in [4.69, 9.17) is 5.11 Å². The molecule has 1 aliphatic carbocycles. The van der Waals surface area contributed by atoms with Crippen molar-refractivity contribution < 1.29 is 5.11 Å². The minimum Gasteiger partial charge on any atom is -0.400 e. The Morgan fingerprint density at radius 2 is 1.42 bits per heavy atom. The number of allylic oxidation sites excluding steroid dienone is 2. The van der Waals surface area contributed by atoms with Crippen LogP contribution in [0.5, 0.6) is 0 Å². The lowest BCUT2D eigenvalue weighted by Gasteiger charge is -2.32. The minimum absolute atomic E-state index is 0.830. The lowest BCUT2D eigenvalue weighted by molar-refractivity contribution is 0.167. The van der Waals surface area contributed by atoms with Gasteiger partial charge in [0, 0.05) is 26.2 Å². The van der Waals surface area contributed by atoms with Crippen LogP contribution in [-0.2, 0) is 0 Å². The molecule has 0 aromatic rings. The van der Waals surface area contributed by atoms with Crippen molar-refractivity contribution in [3.63, 3.8) is 0 Å². The van der Waals surface area contributed by atoms with Crippen molar-refractivity contribution in [1.29, 1.82) is 0 Å². The topological polar surface area (TPSA) is 35.8 Å². The van der Waals surface area contributed by atoms with E-state index in [-0.39, 0.29) is 0 Å². The fourth-order valence-electron chi connectivity index (χ4n) is 3.79. The van der Waals surface area contributed by atoms with Crippen LogP contribution in [0.2, 0.25) is 0 Å². The average molecular weight is 337 g/mol. The van der Waals surface area contributed by atoms with Crippen LogP contribution in [0.25, 0.3) is 0 Å². The lowest BCUT2D eigenvalue weighted by Crippen LogP contribution is -2.37. The Bertz CT molecular complexity index is 296. The third kappa shape index (κ3) is 10.2. The van der Waals surface area contributed by atoms with Crippen LogP contribution in [0.15, 0.2) is 17.1 Å². The molecule has 0 amide bonds. The Morgan fingerprint density at radius 3 is 2.29 bits per heavy atom. The van der Waals surface area contributed by atoms with E-state index in [2.05, 4.69) is 28.3 Å². The first-order valence-electron chi connectivity index (χ1n) is 10.3. The van der Waals surface area contributed by atoms with E-state index >= 15 is 0 Å². The Kier molecular flexibility index (Phi) is 14.1. The van der Waals surface area contributed by atoms with Gasteiger partial charge in [0.05, 0.1) is 0 Å². The van der Waals surface area contributed by atoms with Crippen molar-refractivity contribution in [3.8, 4) is 0 Å². The Hall–Kier alpha value is -0.670. The Morgan fingerprint density at radius 1 is 0.750 bits per heavy atom. The number of rotatable bonds is 1. The van der Waals surface area contributed by atoms with Crippen LogP contribution in [-0.4, -0.2) is 49.0 Å². The zero-order valence-corrected chi connectivity index (χ0v) is 16.0. The molecule has 0 aromatic heterocycles. The molecule has 0 fully saturated rings. The van der Waals surface area contributed by atoms with E-state index in [1.165, 1.54) is 96.6 Å². The molecule has 24 heavy (non-hydrogen) atoms. The molecule has 2 aliphatic rings. The molecular weight excluding hydrogens is 296 g/mol. The summed E-state index contributed by atoms with van der Waals surface area (Å²) in [5.41, 5.74) is 0. The van der Waals surface area contributed by atoms with E-state index < -0.39 is 0 Å². The van der Waals surface area contributed by atoms with E-state index in [1.807, 2.05) is 0 Å². The van der Waals surface area contributed by atoms with Gasteiger partial charge in [-0.3, -0.25) is 4.99 Å². The molecule has 0 aromatic carbocycles. The van der Waals surface area contributed by atoms with Gasteiger partial charge in [0.2, 0.25) is 0 Å². The van der Waals surface area contributed by atoms with E-state index in [9.17, 15) is 0 Å². The number of hydrogen-bond acceptors (Lipinski definition) is 3. The van der Waals surface area contributed by atoms with Crippen molar-refractivity contribution in [2.24, 2.45) is 4.99 Å². The highest BCUT2D eigenvalue weighted by molar-refractivity contribution is 5.56. The predicted molar refractivity (Wildman–Crippen MR) is 106 cm³/mol. The summed E-state index contributed by atoms with van der Waals surface area (Å²) in [5.74, 6) is 0. The van der Waals surface area contributed by atoms with Crippen molar-refractivity contribution in [2.75, 3.05) is 26.7 Å². The predicted octanol–water partition coefficient (Wildman–Crippen LogP) is 4.99. The van der Waals surface area contributed by atoms with Gasteiger partial charge >= 0.3 is 0 Å². The fraction of sp³-hybridized carbons (Fsp3) is 0.857. The first kappa shape index (κ1) is 21.4. The van der Waals surface area contributed by atoms with Crippen molar-refractivity contribution in [3.05, 3.63) is 12.2 Å². The number of aliphatic hydroxyl groups excluding tert-OH is 1. The summed E-state index contributed by atoms with van der Waals surface area (Å²) in [6, 6.07) is 0.830. The molecule has 0 bridgehead atoms.